The molecule has 20 heavy (non-hydrogen) atoms. The van der Waals surface area contributed by atoms with E-state index in [-0.39, 0.29) is 5.69 Å². The topological polar surface area (TPSA) is 52.4 Å². The van der Waals surface area contributed by atoms with Crippen LogP contribution in [-0.2, 0) is 0 Å². The largest absolute Gasteiger partial charge is 0.493 e. The van der Waals surface area contributed by atoms with E-state index in [0.29, 0.717) is 6.61 Å². The molecular weight excluding hydrogens is 254 g/mol. The van der Waals surface area contributed by atoms with Crippen molar-refractivity contribution in [1.82, 2.24) is 0 Å². The Morgan fingerprint density at radius 3 is 2.65 bits per heavy atom. The lowest BCUT2D eigenvalue weighted by Gasteiger charge is -2.02. The molecule has 0 N–H and O–H groups in total. The third kappa shape index (κ3) is 4.24. The Kier molecular flexibility index (Phi) is 4.89. The highest BCUT2D eigenvalue weighted by atomic mass is 16.6. The van der Waals surface area contributed by atoms with Gasteiger partial charge < -0.3 is 4.74 Å². The van der Waals surface area contributed by atoms with Crippen LogP contribution in [-0.4, -0.2) is 11.5 Å². The molecule has 0 unspecified atom stereocenters. The van der Waals surface area contributed by atoms with Gasteiger partial charge in [-0.15, -0.1) is 0 Å². The summed E-state index contributed by atoms with van der Waals surface area (Å²) in [7, 11) is 0. The lowest BCUT2D eigenvalue weighted by atomic mass is 10.2. The molecule has 2 aromatic rings. The molecule has 0 radical (unpaired) electrons. The van der Waals surface area contributed by atoms with Gasteiger partial charge in [0.15, 0.2) is 0 Å². The minimum absolute atomic E-state index is 0.104. The van der Waals surface area contributed by atoms with Crippen LogP contribution in [0.1, 0.15) is 12.0 Å². The first-order valence-electron chi connectivity index (χ1n) is 6.34. The van der Waals surface area contributed by atoms with Crippen molar-refractivity contribution in [3.63, 3.8) is 0 Å². The van der Waals surface area contributed by atoms with Crippen molar-refractivity contribution in [2.24, 2.45) is 0 Å². The molecule has 0 heterocycles. The Labute approximate surface area is 117 Å². The summed E-state index contributed by atoms with van der Waals surface area (Å²) < 4.78 is 5.55. The van der Waals surface area contributed by atoms with Gasteiger partial charge in [-0.05, 0) is 24.1 Å². The molecule has 4 heteroatoms. The smallest absolute Gasteiger partial charge is 0.270 e. The van der Waals surface area contributed by atoms with Gasteiger partial charge in [-0.25, -0.2) is 0 Å². The van der Waals surface area contributed by atoms with Crippen LogP contribution < -0.4 is 4.74 Å². The molecule has 0 saturated carbocycles. The molecule has 0 bridgehead atoms. The Hall–Kier alpha value is -2.62. The lowest BCUT2D eigenvalue weighted by Crippen LogP contribution is -1.94. The van der Waals surface area contributed by atoms with Crippen LogP contribution in [0.15, 0.2) is 60.7 Å². The summed E-state index contributed by atoms with van der Waals surface area (Å²) in [6.07, 6.45) is 4.56. The van der Waals surface area contributed by atoms with Crippen LogP contribution in [0, 0.1) is 10.1 Å². The second-order valence-corrected chi connectivity index (χ2v) is 4.20. The van der Waals surface area contributed by atoms with Crippen molar-refractivity contribution in [3.05, 3.63) is 76.4 Å². The molecule has 0 amide bonds. The highest BCUT2D eigenvalue weighted by Gasteiger charge is 2.03. The molecule has 0 atom stereocenters. The van der Waals surface area contributed by atoms with Gasteiger partial charge in [0.05, 0.1) is 11.5 Å². The second-order valence-electron chi connectivity index (χ2n) is 4.20. The molecule has 0 saturated heterocycles. The molecule has 0 aromatic heterocycles. The third-order valence-electron chi connectivity index (χ3n) is 2.69. The summed E-state index contributed by atoms with van der Waals surface area (Å²) in [6, 6.07) is 16.1. The summed E-state index contributed by atoms with van der Waals surface area (Å²) in [6.45, 7) is 0.579. The van der Waals surface area contributed by atoms with Crippen molar-refractivity contribution in [3.8, 4) is 5.75 Å². The van der Waals surface area contributed by atoms with E-state index in [2.05, 4.69) is 0 Å². The molecule has 0 aliphatic carbocycles. The third-order valence-corrected chi connectivity index (χ3v) is 2.69. The van der Waals surface area contributed by atoms with Gasteiger partial charge in [-0.3, -0.25) is 10.1 Å². The van der Waals surface area contributed by atoms with Gasteiger partial charge in [-0.1, -0.05) is 42.5 Å². The fourth-order valence-electron chi connectivity index (χ4n) is 1.72. The van der Waals surface area contributed by atoms with Crippen molar-refractivity contribution >= 4 is 11.8 Å². The zero-order valence-corrected chi connectivity index (χ0v) is 10.9. The summed E-state index contributed by atoms with van der Waals surface area (Å²) >= 11 is 0. The number of benzene rings is 2. The molecule has 0 fully saturated rings. The van der Waals surface area contributed by atoms with Crippen molar-refractivity contribution in [1.29, 1.82) is 0 Å². The first kappa shape index (κ1) is 13.8. The van der Waals surface area contributed by atoms with Crippen LogP contribution in [0.25, 0.3) is 6.08 Å². The van der Waals surface area contributed by atoms with Crippen LogP contribution in [0.2, 0.25) is 0 Å². The van der Waals surface area contributed by atoms with E-state index in [1.54, 1.807) is 12.1 Å². The molecule has 2 rings (SSSR count). The number of hydrogen-bond donors (Lipinski definition) is 0. The van der Waals surface area contributed by atoms with E-state index in [0.717, 1.165) is 17.7 Å². The summed E-state index contributed by atoms with van der Waals surface area (Å²) in [5, 5.41) is 10.6. The molecule has 2 aromatic carbocycles. The number of nitrogens with zero attached hydrogens (tertiary/aromatic N) is 1. The van der Waals surface area contributed by atoms with E-state index >= 15 is 0 Å². The van der Waals surface area contributed by atoms with Gasteiger partial charge in [0.25, 0.3) is 5.69 Å². The normalized spacial score (nSPS) is 10.6. The van der Waals surface area contributed by atoms with E-state index in [4.69, 9.17) is 4.74 Å². The summed E-state index contributed by atoms with van der Waals surface area (Å²) in [5.74, 6) is 0.844. The lowest BCUT2D eigenvalue weighted by molar-refractivity contribution is -0.384. The summed E-state index contributed by atoms with van der Waals surface area (Å²) in [4.78, 5) is 10.3. The number of nitro groups is 1. The molecule has 4 nitrogen and oxygen atoms in total. The summed E-state index contributed by atoms with van der Waals surface area (Å²) in [5.41, 5.74) is 0.923. The van der Waals surface area contributed by atoms with E-state index in [1.807, 2.05) is 48.6 Å². The average Bonchev–Trinajstić information content (AvgIpc) is 2.48. The number of nitro benzene ring substituents is 1. The van der Waals surface area contributed by atoms with Gasteiger partial charge in [0, 0.05) is 12.1 Å². The van der Waals surface area contributed by atoms with Crippen LogP contribution in [0.3, 0.4) is 0 Å². The minimum atomic E-state index is -0.393. The Bertz CT molecular complexity index is 594. The molecule has 0 spiro atoms. The Morgan fingerprint density at radius 2 is 1.90 bits per heavy atom. The highest BCUT2D eigenvalue weighted by molar-refractivity contribution is 5.53. The average molecular weight is 269 g/mol. The number of rotatable bonds is 6. The maximum atomic E-state index is 10.6. The number of non-ortho nitro benzene ring substituents is 1. The predicted molar refractivity (Wildman–Crippen MR) is 78.7 cm³/mol. The van der Waals surface area contributed by atoms with Crippen LogP contribution >= 0.6 is 0 Å². The van der Waals surface area contributed by atoms with E-state index in [9.17, 15) is 10.1 Å². The first-order valence-corrected chi connectivity index (χ1v) is 6.34. The van der Waals surface area contributed by atoms with Gasteiger partial charge in [0.1, 0.15) is 5.75 Å². The zero-order chi connectivity index (χ0) is 14.2. The first-order chi connectivity index (χ1) is 9.75. The molecule has 0 aliphatic heterocycles. The highest BCUT2D eigenvalue weighted by Crippen LogP contribution is 2.14. The van der Waals surface area contributed by atoms with E-state index in [1.165, 1.54) is 6.07 Å². The Balaban J connectivity index is 1.82. The maximum Gasteiger partial charge on any atom is 0.270 e. The van der Waals surface area contributed by atoms with Crippen molar-refractivity contribution in [2.45, 2.75) is 6.42 Å². The van der Waals surface area contributed by atoms with E-state index < -0.39 is 4.92 Å². The fraction of sp³-hybridized carbons (Fsp3) is 0.125. The fourth-order valence-corrected chi connectivity index (χ4v) is 1.72. The standard InChI is InChI=1S/C16H15NO3/c18-17(19)15-9-6-8-14(13-15)7-4-5-12-20-16-10-2-1-3-11-16/h1-4,6-11,13H,5,12H2. The van der Waals surface area contributed by atoms with Crippen LogP contribution in [0.5, 0.6) is 5.75 Å². The molecule has 0 aliphatic rings. The number of ether oxygens (including phenoxy) is 1. The Morgan fingerprint density at radius 1 is 1.10 bits per heavy atom. The zero-order valence-electron chi connectivity index (χ0n) is 10.9. The van der Waals surface area contributed by atoms with Gasteiger partial charge >= 0.3 is 0 Å². The van der Waals surface area contributed by atoms with Crippen molar-refractivity contribution in [2.75, 3.05) is 6.61 Å². The van der Waals surface area contributed by atoms with Gasteiger partial charge in [0.2, 0.25) is 0 Å². The minimum Gasteiger partial charge on any atom is -0.493 e. The molecule has 102 valence electrons. The number of para-hydroxylation sites is 1. The molecular formula is C16H15NO3. The SMILES string of the molecule is O=[N+]([O-])c1cccc(C=CCCOc2ccccc2)c1. The monoisotopic (exact) mass is 269 g/mol. The van der Waals surface area contributed by atoms with Crippen molar-refractivity contribution < 1.29 is 9.66 Å². The number of hydrogen-bond acceptors (Lipinski definition) is 3. The predicted octanol–water partition coefficient (Wildman–Crippen LogP) is 4.08. The van der Waals surface area contributed by atoms with Gasteiger partial charge in [-0.2, -0.15) is 0 Å². The quantitative estimate of drug-likeness (QED) is 0.451. The van der Waals surface area contributed by atoms with Crippen LogP contribution in [0.4, 0.5) is 5.69 Å². The second kappa shape index (κ2) is 7.09. The maximum absolute atomic E-state index is 10.6.